The van der Waals surface area contributed by atoms with Gasteiger partial charge in [0.25, 0.3) is 0 Å². The van der Waals surface area contributed by atoms with E-state index in [0.29, 0.717) is 6.04 Å². The Balaban J connectivity index is 1.37. The zero-order chi connectivity index (χ0) is 22.9. The van der Waals surface area contributed by atoms with Crippen molar-refractivity contribution >= 4 is 11.6 Å². The number of fused-ring (bicyclic) bond motifs is 1. The number of nitrogens with zero attached hydrogens (tertiary/aromatic N) is 2. The van der Waals surface area contributed by atoms with Crippen molar-refractivity contribution in [3.8, 4) is 22.4 Å². The minimum absolute atomic E-state index is 0.225. The van der Waals surface area contributed by atoms with Crippen LogP contribution in [0.4, 0.5) is 4.39 Å². The zero-order valence-electron chi connectivity index (χ0n) is 18.9. The fourth-order valence-corrected chi connectivity index (χ4v) is 5.28. The van der Waals surface area contributed by atoms with Crippen LogP contribution < -0.4 is 0 Å². The molecule has 0 spiro atoms. The molecule has 1 N–H and O–H groups in total. The number of halogens is 1. The number of rotatable bonds is 4. The van der Waals surface area contributed by atoms with Crippen molar-refractivity contribution in [1.82, 2.24) is 14.9 Å². The summed E-state index contributed by atoms with van der Waals surface area (Å²) in [6, 6.07) is 21.8. The molecular formula is C30H26FN3. The molecule has 6 rings (SSSR count). The zero-order valence-corrected chi connectivity index (χ0v) is 18.9. The van der Waals surface area contributed by atoms with Gasteiger partial charge in [-0.15, -0.1) is 0 Å². The van der Waals surface area contributed by atoms with E-state index in [-0.39, 0.29) is 5.82 Å². The Hall–Kier alpha value is -3.76. The SMILES string of the molecule is Fc1ccc(-c2[nH]cc(C3=CC4C/C(=C/c5ccccc5)CN4CC3)c2-c2ccncc2)cc1. The van der Waals surface area contributed by atoms with Gasteiger partial charge in [-0.1, -0.05) is 48.1 Å². The Bertz CT molecular complexity index is 1350. The highest BCUT2D eigenvalue weighted by Crippen LogP contribution is 2.41. The number of pyridine rings is 1. The van der Waals surface area contributed by atoms with Gasteiger partial charge in [0.1, 0.15) is 5.82 Å². The number of nitrogens with one attached hydrogen (secondary N) is 1. The highest BCUT2D eigenvalue weighted by atomic mass is 19.1. The second-order valence-corrected chi connectivity index (χ2v) is 9.09. The molecule has 1 unspecified atom stereocenters. The lowest BCUT2D eigenvalue weighted by molar-refractivity contribution is 0.290. The molecule has 3 nitrogen and oxygen atoms in total. The van der Waals surface area contributed by atoms with Crippen LogP contribution in [-0.4, -0.2) is 34.0 Å². The number of H-pyrrole nitrogens is 1. The van der Waals surface area contributed by atoms with Crippen LogP contribution in [0.25, 0.3) is 34.0 Å². The van der Waals surface area contributed by atoms with E-state index in [1.807, 2.05) is 36.7 Å². The number of hydrogen-bond acceptors (Lipinski definition) is 2. The Labute approximate surface area is 199 Å². The van der Waals surface area contributed by atoms with E-state index in [1.165, 1.54) is 34.4 Å². The van der Waals surface area contributed by atoms with Crippen molar-refractivity contribution in [1.29, 1.82) is 0 Å². The van der Waals surface area contributed by atoms with E-state index >= 15 is 0 Å². The van der Waals surface area contributed by atoms with E-state index in [2.05, 4.69) is 63.5 Å². The Morgan fingerprint density at radius 2 is 1.74 bits per heavy atom. The molecule has 2 aromatic heterocycles. The van der Waals surface area contributed by atoms with Gasteiger partial charge in [-0.2, -0.15) is 0 Å². The number of hydrogen-bond donors (Lipinski definition) is 1. The van der Waals surface area contributed by atoms with E-state index in [9.17, 15) is 4.39 Å². The largest absolute Gasteiger partial charge is 0.360 e. The smallest absolute Gasteiger partial charge is 0.123 e. The molecule has 4 aromatic rings. The van der Waals surface area contributed by atoms with Gasteiger partial charge in [0.15, 0.2) is 0 Å². The quantitative estimate of drug-likeness (QED) is 0.372. The van der Waals surface area contributed by atoms with Gasteiger partial charge in [-0.25, -0.2) is 4.39 Å². The molecule has 2 aliphatic heterocycles. The number of aromatic nitrogens is 2. The van der Waals surface area contributed by atoms with Gasteiger partial charge in [0.2, 0.25) is 0 Å². The number of aromatic amines is 1. The Morgan fingerprint density at radius 1 is 0.941 bits per heavy atom. The fraction of sp³-hybridized carbons (Fsp3) is 0.167. The predicted octanol–water partition coefficient (Wildman–Crippen LogP) is 6.83. The van der Waals surface area contributed by atoms with Crippen LogP contribution in [0.3, 0.4) is 0 Å². The Morgan fingerprint density at radius 3 is 2.53 bits per heavy atom. The summed E-state index contributed by atoms with van der Waals surface area (Å²) in [4.78, 5) is 10.3. The molecule has 4 heteroatoms. The van der Waals surface area contributed by atoms with Crippen molar-refractivity contribution in [2.24, 2.45) is 0 Å². The Kier molecular flexibility index (Phi) is 5.44. The maximum atomic E-state index is 13.6. The molecule has 34 heavy (non-hydrogen) atoms. The van der Waals surface area contributed by atoms with E-state index in [0.717, 1.165) is 48.3 Å². The van der Waals surface area contributed by atoms with Crippen molar-refractivity contribution < 1.29 is 4.39 Å². The molecule has 2 aliphatic rings. The summed E-state index contributed by atoms with van der Waals surface area (Å²) in [6.07, 6.45) is 12.6. The van der Waals surface area contributed by atoms with Crippen molar-refractivity contribution in [3.63, 3.8) is 0 Å². The first-order valence-electron chi connectivity index (χ1n) is 11.8. The van der Waals surface area contributed by atoms with Crippen LogP contribution in [0.1, 0.15) is 24.0 Å². The molecule has 4 heterocycles. The molecule has 0 bridgehead atoms. The highest BCUT2D eigenvalue weighted by Gasteiger charge is 2.31. The molecule has 0 saturated carbocycles. The van der Waals surface area contributed by atoms with Crippen LogP contribution in [0, 0.1) is 5.82 Å². The summed E-state index contributed by atoms with van der Waals surface area (Å²) in [6.45, 7) is 2.09. The molecule has 1 saturated heterocycles. The maximum Gasteiger partial charge on any atom is 0.123 e. The lowest BCUT2D eigenvalue weighted by Gasteiger charge is -2.28. The standard InChI is InChI=1S/C30H26FN3/c31-26-8-6-24(7-9-26)30-29(23-10-13-32-14-11-23)28(19-33-30)25-12-15-34-20-22(17-27(34)18-25)16-21-4-2-1-3-5-21/h1-11,13-14,16,18-19,27,33H,12,15,17,20H2/b22-16-. The minimum Gasteiger partial charge on any atom is -0.360 e. The van der Waals surface area contributed by atoms with Crippen LogP contribution in [0.15, 0.2) is 97.0 Å². The normalized spacial score (nSPS) is 19.3. The molecule has 0 amide bonds. The van der Waals surface area contributed by atoms with Gasteiger partial charge in [0, 0.05) is 48.8 Å². The lowest BCUT2D eigenvalue weighted by Crippen LogP contribution is -2.32. The molecular weight excluding hydrogens is 421 g/mol. The first-order valence-corrected chi connectivity index (χ1v) is 11.8. The van der Waals surface area contributed by atoms with Crippen LogP contribution in [-0.2, 0) is 0 Å². The molecule has 2 aromatic carbocycles. The predicted molar refractivity (Wildman–Crippen MR) is 136 cm³/mol. The van der Waals surface area contributed by atoms with E-state index < -0.39 is 0 Å². The van der Waals surface area contributed by atoms with Gasteiger partial charge in [-0.05, 0) is 71.5 Å². The van der Waals surface area contributed by atoms with Gasteiger partial charge < -0.3 is 4.98 Å². The fourth-order valence-electron chi connectivity index (χ4n) is 5.28. The average Bonchev–Trinajstić information content (AvgIpc) is 3.49. The molecule has 0 radical (unpaired) electrons. The average molecular weight is 448 g/mol. The molecule has 1 atom stereocenters. The van der Waals surface area contributed by atoms with E-state index in [4.69, 9.17) is 0 Å². The van der Waals surface area contributed by atoms with E-state index in [1.54, 1.807) is 0 Å². The first-order chi connectivity index (χ1) is 16.7. The number of benzene rings is 2. The van der Waals surface area contributed by atoms with Gasteiger partial charge in [0.05, 0.1) is 5.69 Å². The molecule has 0 aliphatic carbocycles. The third kappa shape index (κ3) is 4.02. The highest BCUT2D eigenvalue weighted by molar-refractivity contribution is 5.91. The van der Waals surface area contributed by atoms with Crippen molar-refractivity contribution in [3.05, 3.63) is 114 Å². The van der Waals surface area contributed by atoms with Gasteiger partial charge in [-0.3, -0.25) is 9.88 Å². The third-order valence-electron chi connectivity index (χ3n) is 6.91. The van der Waals surface area contributed by atoms with Crippen LogP contribution in [0.2, 0.25) is 0 Å². The summed E-state index contributed by atoms with van der Waals surface area (Å²) in [5, 5.41) is 0. The minimum atomic E-state index is -0.225. The summed E-state index contributed by atoms with van der Waals surface area (Å²) in [5.41, 5.74) is 9.63. The monoisotopic (exact) mass is 447 g/mol. The second-order valence-electron chi connectivity index (χ2n) is 9.09. The topological polar surface area (TPSA) is 31.9 Å². The van der Waals surface area contributed by atoms with Crippen LogP contribution >= 0.6 is 0 Å². The van der Waals surface area contributed by atoms with Crippen molar-refractivity contribution in [2.45, 2.75) is 18.9 Å². The van der Waals surface area contributed by atoms with Crippen molar-refractivity contribution in [2.75, 3.05) is 13.1 Å². The molecule has 1 fully saturated rings. The van der Waals surface area contributed by atoms with Gasteiger partial charge >= 0.3 is 0 Å². The summed E-state index contributed by atoms with van der Waals surface area (Å²) in [5.74, 6) is -0.225. The summed E-state index contributed by atoms with van der Waals surface area (Å²) >= 11 is 0. The first kappa shape index (κ1) is 20.8. The summed E-state index contributed by atoms with van der Waals surface area (Å²) < 4.78 is 13.6. The third-order valence-corrected chi connectivity index (χ3v) is 6.91. The maximum absolute atomic E-state index is 13.6. The second kappa shape index (κ2) is 8.88. The molecule has 168 valence electrons. The van der Waals surface area contributed by atoms with Crippen LogP contribution in [0.5, 0.6) is 0 Å². The lowest BCUT2D eigenvalue weighted by atomic mass is 9.90. The summed E-state index contributed by atoms with van der Waals surface area (Å²) in [7, 11) is 0.